The third kappa shape index (κ3) is 3.09. The van der Waals surface area contributed by atoms with Crippen LogP contribution in [0.25, 0.3) is 0 Å². The van der Waals surface area contributed by atoms with E-state index in [1.165, 1.54) is 4.31 Å². The molecule has 2 bridgehead atoms. The van der Waals surface area contributed by atoms with Gasteiger partial charge in [0.2, 0.25) is 15.9 Å². The predicted octanol–water partition coefficient (Wildman–Crippen LogP) is 1.40. The highest BCUT2D eigenvalue weighted by molar-refractivity contribution is 7.89. The third-order valence-corrected chi connectivity index (χ3v) is 7.31. The molecule has 6 nitrogen and oxygen atoms in total. The van der Waals surface area contributed by atoms with E-state index in [0.717, 1.165) is 31.5 Å². The molecular formula is C18H24N2O4S. The molecule has 3 saturated heterocycles. The van der Waals surface area contributed by atoms with Crippen LogP contribution in [0.4, 0.5) is 0 Å². The van der Waals surface area contributed by atoms with Gasteiger partial charge in [0.25, 0.3) is 0 Å². The van der Waals surface area contributed by atoms with Crippen LogP contribution in [0.3, 0.4) is 0 Å². The first kappa shape index (κ1) is 17.0. The van der Waals surface area contributed by atoms with Gasteiger partial charge < -0.3 is 9.64 Å². The lowest BCUT2D eigenvalue weighted by atomic mass is 9.99. The van der Waals surface area contributed by atoms with E-state index in [1.807, 2.05) is 17.9 Å². The van der Waals surface area contributed by atoms with E-state index in [-0.39, 0.29) is 30.6 Å². The average Bonchev–Trinajstić information content (AvgIpc) is 3.22. The van der Waals surface area contributed by atoms with Gasteiger partial charge in [0.05, 0.1) is 23.0 Å². The number of amides is 1. The van der Waals surface area contributed by atoms with Crippen LogP contribution in [0.2, 0.25) is 0 Å². The summed E-state index contributed by atoms with van der Waals surface area (Å²) >= 11 is 0. The summed E-state index contributed by atoms with van der Waals surface area (Å²) in [6, 6.07) is 6.97. The fourth-order valence-corrected chi connectivity index (χ4v) is 5.76. The van der Waals surface area contributed by atoms with Gasteiger partial charge in [0, 0.05) is 26.2 Å². The van der Waals surface area contributed by atoms with Gasteiger partial charge in [0.15, 0.2) is 0 Å². The normalized spacial score (nSPS) is 30.0. The second kappa shape index (κ2) is 6.37. The molecule has 0 unspecified atom stereocenters. The molecule has 7 heteroatoms. The molecule has 3 atom stereocenters. The summed E-state index contributed by atoms with van der Waals surface area (Å²) in [5.74, 6) is -0.0689. The number of carbonyl (C=O) groups excluding carboxylic acids is 1. The van der Waals surface area contributed by atoms with E-state index < -0.39 is 10.0 Å². The number of sulfonamides is 1. The number of fused-ring (bicyclic) bond motifs is 2. The highest BCUT2D eigenvalue weighted by atomic mass is 32.2. The predicted molar refractivity (Wildman–Crippen MR) is 92.5 cm³/mol. The molecule has 0 N–H and O–H groups in total. The Morgan fingerprint density at radius 3 is 2.68 bits per heavy atom. The van der Waals surface area contributed by atoms with E-state index in [2.05, 4.69) is 0 Å². The fourth-order valence-electron chi connectivity index (χ4n) is 4.18. The summed E-state index contributed by atoms with van der Waals surface area (Å²) < 4.78 is 33.4. The van der Waals surface area contributed by atoms with Crippen molar-refractivity contribution in [2.75, 3.05) is 26.2 Å². The molecule has 1 aromatic carbocycles. The zero-order valence-electron chi connectivity index (χ0n) is 14.4. The lowest BCUT2D eigenvalue weighted by molar-refractivity contribution is -0.136. The molecule has 3 fully saturated rings. The Bertz CT molecular complexity index is 773. The number of nitrogens with zero attached hydrogens (tertiary/aromatic N) is 2. The molecule has 1 aromatic rings. The van der Waals surface area contributed by atoms with E-state index in [0.29, 0.717) is 17.9 Å². The Labute approximate surface area is 148 Å². The first-order chi connectivity index (χ1) is 11.9. The van der Waals surface area contributed by atoms with Crippen molar-refractivity contribution in [3.05, 3.63) is 29.8 Å². The molecule has 4 rings (SSSR count). The number of ether oxygens (including phenoxy) is 1. The number of likely N-dealkylation sites (tertiary alicyclic amines) is 1. The van der Waals surface area contributed by atoms with Crippen LogP contribution in [-0.2, 0) is 19.6 Å². The third-order valence-electron chi connectivity index (χ3n) is 5.49. The largest absolute Gasteiger partial charge is 0.371 e. The monoisotopic (exact) mass is 364 g/mol. The second-order valence-electron chi connectivity index (χ2n) is 7.31. The van der Waals surface area contributed by atoms with Crippen LogP contribution >= 0.6 is 0 Å². The Morgan fingerprint density at radius 1 is 1.20 bits per heavy atom. The number of benzene rings is 1. The van der Waals surface area contributed by atoms with Gasteiger partial charge in [-0.2, -0.15) is 4.31 Å². The zero-order valence-corrected chi connectivity index (χ0v) is 15.2. The van der Waals surface area contributed by atoms with E-state index >= 15 is 0 Å². The first-order valence-corrected chi connectivity index (χ1v) is 10.4. The molecule has 3 aliphatic heterocycles. The quantitative estimate of drug-likeness (QED) is 0.813. The van der Waals surface area contributed by atoms with Crippen molar-refractivity contribution in [1.29, 1.82) is 0 Å². The van der Waals surface area contributed by atoms with Crippen LogP contribution < -0.4 is 0 Å². The van der Waals surface area contributed by atoms with Crippen LogP contribution in [0.5, 0.6) is 0 Å². The Morgan fingerprint density at radius 2 is 1.96 bits per heavy atom. The highest BCUT2D eigenvalue weighted by Gasteiger charge is 2.48. The standard InChI is InChI=1S/C18H24N2O4S/c1-13-5-4-6-15(9-13)25(22,23)20-11-14-10-16(17(12-20)24-14)18(21)19-7-2-3-8-19/h4-6,9,14,16-17H,2-3,7-8,10-12H2,1H3/t14-,16+,17-/m1/s1. The minimum Gasteiger partial charge on any atom is -0.371 e. The van der Waals surface area contributed by atoms with Gasteiger partial charge >= 0.3 is 0 Å². The van der Waals surface area contributed by atoms with E-state index in [4.69, 9.17) is 4.74 Å². The fraction of sp³-hybridized carbons (Fsp3) is 0.611. The Hall–Kier alpha value is -1.44. The topological polar surface area (TPSA) is 66.9 Å². The molecule has 0 radical (unpaired) electrons. The molecule has 3 heterocycles. The van der Waals surface area contributed by atoms with Crippen molar-refractivity contribution >= 4 is 15.9 Å². The van der Waals surface area contributed by atoms with Crippen molar-refractivity contribution in [3.63, 3.8) is 0 Å². The summed E-state index contributed by atoms with van der Waals surface area (Å²) in [6.45, 7) is 4.11. The minimum atomic E-state index is -3.55. The van der Waals surface area contributed by atoms with Gasteiger partial charge in [-0.05, 0) is 43.9 Å². The summed E-state index contributed by atoms with van der Waals surface area (Å²) in [4.78, 5) is 15.0. The maximum Gasteiger partial charge on any atom is 0.243 e. The maximum absolute atomic E-state index is 13.0. The number of morpholine rings is 1. The number of carbonyl (C=O) groups is 1. The summed E-state index contributed by atoms with van der Waals surface area (Å²) in [7, 11) is -3.55. The van der Waals surface area contributed by atoms with Gasteiger partial charge in [0.1, 0.15) is 0 Å². The van der Waals surface area contributed by atoms with E-state index in [1.54, 1.807) is 18.2 Å². The van der Waals surface area contributed by atoms with Crippen LogP contribution in [0, 0.1) is 12.8 Å². The second-order valence-corrected chi connectivity index (χ2v) is 9.25. The molecule has 0 saturated carbocycles. The Balaban J connectivity index is 1.53. The molecule has 0 spiro atoms. The minimum absolute atomic E-state index is 0.139. The molecule has 1 amide bonds. The van der Waals surface area contributed by atoms with Crippen molar-refractivity contribution in [1.82, 2.24) is 9.21 Å². The number of rotatable bonds is 3. The summed E-state index contributed by atoms with van der Waals surface area (Å²) in [5, 5.41) is 0. The van der Waals surface area contributed by atoms with Crippen LogP contribution in [0.1, 0.15) is 24.8 Å². The molecule has 0 aromatic heterocycles. The SMILES string of the molecule is Cc1cccc(S(=O)(=O)N2C[C@H]3C[C@H](C(=O)N4CCCC4)[C@@H](C2)O3)c1. The summed E-state index contributed by atoms with van der Waals surface area (Å²) in [6.07, 6.45) is 2.23. The van der Waals surface area contributed by atoms with Crippen molar-refractivity contribution in [2.24, 2.45) is 5.92 Å². The molecule has 136 valence electrons. The average molecular weight is 364 g/mol. The zero-order chi connectivity index (χ0) is 17.6. The smallest absolute Gasteiger partial charge is 0.243 e. The maximum atomic E-state index is 13.0. The highest BCUT2D eigenvalue weighted by Crippen LogP contribution is 2.36. The van der Waals surface area contributed by atoms with Crippen LogP contribution in [0.15, 0.2) is 29.2 Å². The van der Waals surface area contributed by atoms with Crippen molar-refractivity contribution in [2.45, 2.75) is 43.3 Å². The first-order valence-electron chi connectivity index (χ1n) is 8.96. The van der Waals surface area contributed by atoms with Gasteiger partial charge in [-0.25, -0.2) is 8.42 Å². The number of hydrogen-bond donors (Lipinski definition) is 0. The molecular weight excluding hydrogens is 340 g/mol. The van der Waals surface area contributed by atoms with Crippen molar-refractivity contribution < 1.29 is 17.9 Å². The Kier molecular flexibility index (Phi) is 4.33. The summed E-state index contributed by atoms with van der Waals surface area (Å²) in [5.41, 5.74) is 0.916. The molecule has 3 aliphatic rings. The number of aryl methyl sites for hydroxylation is 1. The number of hydrogen-bond acceptors (Lipinski definition) is 4. The van der Waals surface area contributed by atoms with Gasteiger partial charge in [-0.3, -0.25) is 4.79 Å². The molecule has 0 aliphatic carbocycles. The van der Waals surface area contributed by atoms with Gasteiger partial charge in [-0.15, -0.1) is 0 Å². The lowest BCUT2D eigenvalue weighted by Gasteiger charge is -2.32. The van der Waals surface area contributed by atoms with Crippen LogP contribution in [-0.4, -0.2) is 61.9 Å². The van der Waals surface area contributed by atoms with Crippen molar-refractivity contribution in [3.8, 4) is 0 Å². The molecule has 25 heavy (non-hydrogen) atoms. The van der Waals surface area contributed by atoms with E-state index in [9.17, 15) is 13.2 Å². The lowest BCUT2D eigenvalue weighted by Crippen LogP contribution is -2.48. The van der Waals surface area contributed by atoms with Gasteiger partial charge in [-0.1, -0.05) is 12.1 Å².